The van der Waals surface area contributed by atoms with E-state index in [4.69, 9.17) is 14.2 Å². The summed E-state index contributed by atoms with van der Waals surface area (Å²) < 4.78 is 15.5. The molecule has 6 heteroatoms. The molecule has 0 spiro atoms. The fraction of sp³-hybridized carbons (Fsp3) is 0.263. The van der Waals surface area contributed by atoms with Crippen molar-refractivity contribution in [3.05, 3.63) is 59.7 Å². The quantitative estimate of drug-likeness (QED) is 0.782. The first-order valence-corrected chi connectivity index (χ1v) is 7.79. The van der Waals surface area contributed by atoms with Crippen molar-refractivity contribution in [2.24, 2.45) is 0 Å². The Labute approximate surface area is 146 Å². The Hall–Kier alpha value is -3.02. The Morgan fingerprint density at radius 2 is 1.76 bits per heavy atom. The summed E-state index contributed by atoms with van der Waals surface area (Å²) in [4.78, 5) is 24.4. The van der Waals surface area contributed by atoms with Gasteiger partial charge in [-0.25, -0.2) is 4.79 Å². The highest BCUT2D eigenvalue weighted by molar-refractivity contribution is 5.94. The first kappa shape index (κ1) is 18.3. The minimum atomic E-state index is -0.928. The van der Waals surface area contributed by atoms with Gasteiger partial charge in [-0.3, -0.25) is 4.79 Å². The third kappa shape index (κ3) is 4.97. The molecule has 0 unspecified atom stereocenters. The van der Waals surface area contributed by atoms with E-state index in [0.29, 0.717) is 18.0 Å². The van der Waals surface area contributed by atoms with Gasteiger partial charge < -0.3 is 19.5 Å². The predicted molar refractivity (Wildman–Crippen MR) is 92.7 cm³/mol. The maximum atomic E-state index is 12.3. The summed E-state index contributed by atoms with van der Waals surface area (Å²) in [6.07, 6.45) is -0.928. The molecule has 132 valence electrons. The summed E-state index contributed by atoms with van der Waals surface area (Å²) in [6, 6.07) is 14.2. The van der Waals surface area contributed by atoms with Gasteiger partial charge in [0.15, 0.2) is 6.10 Å². The highest BCUT2D eigenvalue weighted by atomic mass is 16.5. The van der Waals surface area contributed by atoms with Crippen LogP contribution in [0.15, 0.2) is 48.5 Å². The molecule has 1 atom stereocenters. The lowest BCUT2D eigenvalue weighted by atomic mass is 10.2. The summed E-state index contributed by atoms with van der Waals surface area (Å²) in [6.45, 7) is 1.89. The average molecular weight is 343 g/mol. The van der Waals surface area contributed by atoms with Crippen molar-refractivity contribution in [1.29, 1.82) is 0 Å². The van der Waals surface area contributed by atoms with Crippen LogP contribution in [-0.4, -0.2) is 32.2 Å². The van der Waals surface area contributed by atoms with Crippen LogP contribution in [0.5, 0.6) is 11.5 Å². The van der Waals surface area contributed by atoms with E-state index >= 15 is 0 Å². The zero-order valence-corrected chi connectivity index (χ0v) is 14.4. The molecule has 0 saturated carbocycles. The molecule has 2 rings (SSSR count). The molecule has 25 heavy (non-hydrogen) atoms. The molecule has 0 radical (unpaired) electrons. The van der Waals surface area contributed by atoms with E-state index in [1.807, 2.05) is 30.3 Å². The van der Waals surface area contributed by atoms with Crippen molar-refractivity contribution in [2.75, 3.05) is 14.2 Å². The smallest absolute Gasteiger partial charge is 0.342 e. The van der Waals surface area contributed by atoms with Gasteiger partial charge in [0.2, 0.25) is 0 Å². The molecule has 1 amide bonds. The van der Waals surface area contributed by atoms with E-state index in [1.54, 1.807) is 12.1 Å². The van der Waals surface area contributed by atoms with E-state index in [9.17, 15) is 9.59 Å². The van der Waals surface area contributed by atoms with Crippen LogP contribution in [0.4, 0.5) is 0 Å². The maximum absolute atomic E-state index is 12.3. The Kier molecular flexibility index (Phi) is 6.39. The molecular formula is C19H21NO5. The second-order valence-electron chi connectivity index (χ2n) is 5.32. The standard InChI is InChI=1S/C19H21NO5/c1-13(18(21)20-12-14-7-5-4-6-8-14)25-19(22)16-10-9-15(23-2)11-17(16)24-3/h4-11,13H,12H2,1-3H3,(H,20,21)/t13-/m1/s1. The van der Waals surface area contributed by atoms with Crippen LogP contribution in [0.25, 0.3) is 0 Å². The molecular weight excluding hydrogens is 322 g/mol. The van der Waals surface area contributed by atoms with Crippen LogP contribution in [0.1, 0.15) is 22.8 Å². The summed E-state index contributed by atoms with van der Waals surface area (Å²) >= 11 is 0. The SMILES string of the molecule is COc1ccc(C(=O)O[C@H](C)C(=O)NCc2ccccc2)c(OC)c1. The number of methoxy groups -OCH3 is 2. The van der Waals surface area contributed by atoms with E-state index < -0.39 is 12.1 Å². The highest BCUT2D eigenvalue weighted by Gasteiger charge is 2.21. The molecule has 0 saturated heterocycles. The average Bonchev–Trinajstić information content (AvgIpc) is 2.66. The number of carbonyl (C=O) groups is 2. The van der Waals surface area contributed by atoms with E-state index in [2.05, 4.69) is 5.32 Å². The molecule has 1 N–H and O–H groups in total. The Morgan fingerprint density at radius 1 is 1.04 bits per heavy atom. The fourth-order valence-electron chi connectivity index (χ4n) is 2.17. The molecule has 0 aromatic heterocycles. The minimum absolute atomic E-state index is 0.228. The maximum Gasteiger partial charge on any atom is 0.342 e. The van der Waals surface area contributed by atoms with Crippen molar-refractivity contribution < 1.29 is 23.8 Å². The van der Waals surface area contributed by atoms with Gasteiger partial charge in [0.25, 0.3) is 5.91 Å². The van der Waals surface area contributed by atoms with Crippen LogP contribution >= 0.6 is 0 Å². The number of hydrogen-bond acceptors (Lipinski definition) is 5. The molecule has 0 heterocycles. The first-order valence-electron chi connectivity index (χ1n) is 7.79. The van der Waals surface area contributed by atoms with Crippen LogP contribution < -0.4 is 14.8 Å². The number of nitrogens with one attached hydrogen (secondary N) is 1. The van der Waals surface area contributed by atoms with Crippen molar-refractivity contribution in [3.63, 3.8) is 0 Å². The summed E-state index contributed by atoms with van der Waals surface area (Å²) in [5.74, 6) is -0.130. The van der Waals surface area contributed by atoms with Gasteiger partial charge >= 0.3 is 5.97 Å². The second kappa shape index (κ2) is 8.73. The van der Waals surface area contributed by atoms with Gasteiger partial charge in [0, 0.05) is 12.6 Å². The van der Waals surface area contributed by atoms with Gasteiger partial charge in [-0.15, -0.1) is 0 Å². The van der Waals surface area contributed by atoms with Gasteiger partial charge in [0.1, 0.15) is 17.1 Å². The number of carbonyl (C=O) groups excluding carboxylic acids is 2. The van der Waals surface area contributed by atoms with Gasteiger partial charge in [-0.2, -0.15) is 0 Å². The Morgan fingerprint density at radius 3 is 2.40 bits per heavy atom. The second-order valence-corrected chi connectivity index (χ2v) is 5.32. The lowest BCUT2D eigenvalue weighted by Crippen LogP contribution is -2.35. The van der Waals surface area contributed by atoms with Crippen LogP contribution in [0, 0.1) is 0 Å². The molecule has 2 aromatic carbocycles. The minimum Gasteiger partial charge on any atom is -0.497 e. The molecule has 0 aliphatic carbocycles. The first-order chi connectivity index (χ1) is 12.0. The number of ether oxygens (including phenoxy) is 3. The molecule has 0 aliphatic rings. The van der Waals surface area contributed by atoms with Crippen molar-refractivity contribution >= 4 is 11.9 Å². The molecule has 0 aliphatic heterocycles. The summed E-state index contributed by atoms with van der Waals surface area (Å²) in [5.41, 5.74) is 1.19. The largest absolute Gasteiger partial charge is 0.497 e. The van der Waals surface area contributed by atoms with Gasteiger partial charge in [-0.1, -0.05) is 30.3 Å². The van der Waals surface area contributed by atoms with Crippen LogP contribution in [-0.2, 0) is 16.1 Å². The Balaban J connectivity index is 1.96. The third-order valence-electron chi connectivity index (χ3n) is 3.59. The predicted octanol–water partition coefficient (Wildman–Crippen LogP) is 2.57. The lowest BCUT2D eigenvalue weighted by Gasteiger charge is -2.15. The number of amides is 1. The van der Waals surface area contributed by atoms with Crippen LogP contribution in [0.3, 0.4) is 0 Å². The van der Waals surface area contributed by atoms with Crippen molar-refractivity contribution in [2.45, 2.75) is 19.6 Å². The number of rotatable bonds is 7. The van der Waals surface area contributed by atoms with Gasteiger partial charge in [-0.05, 0) is 24.6 Å². The van der Waals surface area contributed by atoms with Crippen molar-refractivity contribution in [3.8, 4) is 11.5 Å². The number of esters is 1. The monoisotopic (exact) mass is 343 g/mol. The summed E-state index contributed by atoms with van der Waals surface area (Å²) in [5, 5.41) is 2.73. The number of benzene rings is 2. The molecule has 0 fully saturated rings. The highest BCUT2D eigenvalue weighted by Crippen LogP contribution is 2.25. The Bertz CT molecular complexity index is 730. The zero-order valence-electron chi connectivity index (χ0n) is 14.4. The topological polar surface area (TPSA) is 73.9 Å². The van der Waals surface area contributed by atoms with E-state index in [0.717, 1.165) is 5.56 Å². The number of hydrogen-bond donors (Lipinski definition) is 1. The normalized spacial score (nSPS) is 11.3. The van der Waals surface area contributed by atoms with Gasteiger partial charge in [0.05, 0.1) is 14.2 Å². The zero-order chi connectivity index (χ0) is 18.2. The van der Waals surface area contributed by atoms with E-state index in [-0.39, 0.29) is 11.5 Å². The lowest BCUT2D eigenvalue weighted by molar-refractivity contribution is -0.129. The third-order valence-corrected chi connectivity index (χ3v) is 3.59. The van der Waals surface area contributed by atoms with Crippen LogP contribution in [0.2, 0.25) is 0 Å². The van der Waals surface area contributed by atoms with E-state index in [1.165, 1.54) is 27.2 Å². The molecule has 2 aromatic rings. The molecule has 6 nitrogen and oxygen atoms in total. The molecule has 0 bridgehead atoms. The van der Waals surface area contributed by atoms with Crippen molar-refractivity contribution in [1.82, 2.24) is 5.32 Å². The summed E-state index contributed by atoms with van der Waals surface area (Å²) in [7, 11) is 2.97. The fourth-order valence-corrected chi connectivity index (χ4v) is 2.17.